The number of amides is 2. The van der Waals surface area contributed by atoms with Gasteiger partial charge in [0, 0.05) is 26.2 Å². The summed E-state index contributed by atoms with van der Waals surface area (Å²) < 4.78 is 0. The van der Waals surface area contributed by atoms with Crippen molar-refractivity contribution in [2.75, 3.05) is 45.8 Å². The average molecular weight is 310 g/mol. The first kappa shape index (κ1) is 17.2. The summed E-state index contributed by atoms with van der Waals surface area (Å²) in [6.45, 7) is 8.85. The van der Waals surface area contributed by atoms with Gasteiger partial charge in [0.15, 0.2) is 0 Å². The molecule has 2 fully saturated rings. The van der Waals surface area contributed by atoms with Gasteiger partial charge in [-0.2, -0.15) is 0 Å². The Morgan fingerprint density at radius 2 is 1.50 bits per heavy atom. The molecule has 0 atom stereocenters. The third-order valence-electron chi connectivity index (χ3n) is 5.09. The molecule has 1 heterocycles. The van der Waals surface area contributed by atoms with Crippen molar-refractivity contribution < 1.29 is 9.59 Å². The van der Waals surface area contributed by atoms with E-state index < -0.39 is 5.54 Å². The molecule has 126 valence electrons. The van der Waals surface area contributed by atoms with E-state index in [9.17, 15) is 9.59 Å². The molecule has 0 aromatic heterocycles. The minimum Gasteiger partial charge on any atom is -0.338 e. The molecule has 1 saturated carbocycles. The first-order chi connectivity index (χ1) is 10.5. The van der Waals surface area contributed by atoms with E-state index in [-0.39, 0.29) is 11.8 Å². The van der Waals surface area contributed by atoms with Crippen molar-refractivity contribution in [3.63, 3.8) is 0 Å². The largest absolute Gasteiger partial charge is 0.338 e. The van der Waals surface area contributed by atoms with Crippen LogP contribution in [-0.4, -0.2) is 77.9 Å². The van der Waals surface area contributed by atoms with Gasteiger partial charge in [-0.25, -0.2) is 0 Å². The zero-order valence-corrected chi connectivity index (χ0v) is 14.0. The lowest BCUT2D eigenvalue weighted by Gasteiger charge is -2.39. The van der Waals surface area contributed by atoms with Gasteiger partial charge in [0.2, 0.25) is 11.8 Å². The second-order valence-electron chi connectivity index (χ2n) is 6.50. The Morgan fingerprint density at radius 1 is 1.00 bits per heavy atom. The monoisotopic (exact) mass is 310 g/mol. The third kappa shape index (κ3) is 3.79. The lowest BCUT2D eigenvalue weighted by Crippen LogP contribution is -2.59. The predicted octanol–water partition coefficient (Wildman–Crippen LogP) is 0.271. The van der Waals surface area contributed by atoms with Crippen molar-refractivity contribution in [3.8, 4) is 0 Å². The molecule has 0 spiro atoms. The Morgan fingerprint density at radius 3 is 2.00 bits per heavy atom. The van der Waals surface area contributed by atoms with Crippen LogP contribution in [0.15, 0.2) is 0 Å². The number of nitrogens with two attached hydrogens (primary N) is 1. The molecule has 22 heavy (non-hydrogen) atoms. The molecule has 1 aliphatic heterocycles. The summed E-state index contributed by atoms with van der Waals surface area (Å²) in [6.07, 6.45) is 3.69. The van der Waals surface area contributed by atoms with E-state index in [0.717, 1.165) is 38.8 Å². The van der Waals surface area contributed by atoms with E-state index in [1.807, 2.05) is 9.80 Å². The normalized spacial score (nSPS) is 21.5. The molecule has 1 aliphatic carbocycles. The molecule has 0 unspecified atom stereocenters. The van der Waals surface area contributed by atoms with Crippen LogP contribution in [0.1, 0.15) is 39.5 Å². The van der Waals surface area contributed by atoms with E-state index >= 15 is 0 Å². The molecule has 0 aromatic rings. The van der Waals surface area contributed by atoms with Crippen LogP contribution in [0.3, 0.4) is 0 Å². The molecule has 6 heteroatoms. The standard InChI is InChI=1S/C16H30N4O2/c1-3-18(4-2)13-14(21)19-9-11-20(12-10-19)15(22)16(17)7-5-6-8-16/h3-13,17H2,1-2H3. The number of nitrogens with zero attached hydrogens (tertiary/aromatic N) is 3. The summed E-state index contributed by atoms with van der Waals surface area (Å²) in [5.74, 6) is 0.250. The van der Waals surface area contributed by atoms with Crippen molar-refractivity contribution >= 4 is 11.8 Å². The molecular formula is C16H30N4O2. The smallest absolute Gasteiger partial charge is 0.242 e. The topological polar surface area (TPSA) is 69.9 Å². The van der Waals surface area contributed by atoms with Crippen molar-refractivity contribution in [3.05, 3.63) is 0 Å². The van der Waals surface area contributed by atoms with Gasteiger partial charge in [0.1, 0.15) is 0 Å². The van der Waals surface area contributed by atoms with Gasteiger partial charge in [0.05, 0.1) is 12.1 Å². The van der Waals surface area contributed by atoms with Crippen LogP contribution in [0.25, 0.3) is 0 Å². The zero-order valence-electron chi connectivity index (χ0n) is 14.0. The van der Waals surface area contributed by atoms with E-state index in [2.05, 4.69) is 18.7 Å². The molecule has 2 N–H and O–H groups in total. The van der Waals surface area contributed by atoms with Crippen molar-refractivity contribution in [2.24, 2.45) is 5.73 Å². The average Bonchev–Trinajstić information content (AvgIpc) is 2.99. The van der Waals surface area contributed by atoms with Crippen LogP contribution in [0.5, 0.6) is 0 Å². The van der Waals surface area contributed by atoms with Crippen LogP contribution >= 0.6 is 0 Å². The molecule has 1 saturated heterocycles. The molecule has 0 bridgehead atoms. The maximum Gasteiger partial charge on any atom is 0.242 e. The number of hydrogen-bond donors (Lipinski definition) is 1. The van der Waals surface area contributed by atoms with E-state index in [1.54, 1.807) is 0 Å². The summed E-state index contributed by atoms with van der Waals surface area (Å²) in [7, 11) is 0. The molecule has 6 nitrogen and oxygen atoms in total. The van der Waals surface area contributed by atoms with Gasteiger partial charge < -0.3 is 15.5 Å². The van der Waals surface area contributed by atoms with Gasteiger partial charge in [-0.1, -0.05) is 26.7 Å². The number of hydrogen-bond acceptors (Lipinski definition) is 4. The Hall–Kier alpha value is -1.14. The highest BCUT2D eigenvalue weighted by molar-refractivity contribution is 5.87. The van der Waals surface area contributed by atoms with Crippen LogP contribution in [0.2, 0.25) is 0 Å². The van der Waals surface area contributed by atoms with Crippen LogP contribution in [0, 0.1) is 0 Å². The van der Waals surface area contributed by atoms with Gasteiger partial charge in [-0.15, -0.1) is 0 Å². The quantitative estimate of drug-likeness (QED) is 0.791. The van der Waals surface area contributed by atoms with Gasteiger partial charge in [-0.3, -0.25) is 14.5 Å². The lowest BCUT2D eigenvalue weighted by molar-refractivity contribution is -0.143. The molecular weight excluding hydrogens is 280 g/mol. The van der Waals surface area contributed by atoms with E-state index in [4.69, 9.17) is 5.73 Å². The van der Waals surface area contributed by atoms with Gasteiger partial charge in [0.25, 0.3) is 0 Å². The van der Waals surface area contributed by atoms with Crippen LogP contribution in [-0.2, 0) is 9.59 Å². The van der Waals surface area contributed by atoms with Gasteiger partial charge in [-0.05, 0) is 25.9 Å². The van der Waals surface area contributed by atoms with Gasteiger partial charge >= 0.3 is 0 Å². The summed E-state index contributed by atoms with van der Waals surface area (Å²) in [4.78, 5) is 30.7. The molecule has 2 amide bonds. The van der Waals surface area contributed by atoms with Crippen molar-refractivity contribution in [1.29, 1.82) is 0 Å². The molecule has 0 aromatic carbocycles. The van der Waals surface area contributed by atoms with E-state index in [0.29, 0.717) is 32.7 Å². The second kappa shape index (κ2) is 7.42. The molecule has 2 aliphatic rings. The highest BCUT2D eigenvalue weighted by Gasteiger charge is 2.40. The summed E-state index contributed by atoms with van der Waals surface area (Å²) in [5, 5.41) is 0. The minimum atomic E-state index is -0.645. The van der Waals surface area contributed by atoms with E-state index in [1.165, 1.54) is 0 Å². The first-order valence-electron chi connectivity index (χ1n) is 8.58. The summed E-state index contributed by atoms with van der Waals surface area (Å²) in [5.41, 5.74) is 5.61. The molecule has 0 radical (unpaired) electrons. The fourth-order valence-corrected chi connectivity index (χ4v) is 3.43. The Labute approximate surface area is 133 Å². The Kier molecular flexibility index (Phi) is 5.81. The zero-order chi connectivity index (χ0) is 16.2. The Bertz CT molecular complexity index is 395. The maximum atomic E-state index is 12.6. The second-order valence-corrected chi connectivity index (χ2v) is 6.50. The SMILES string of the molecule is CCN(CC)CC(=O)N1CCN(C(=O)C2(N)CCCC2)CC1. The lowest BCUT2D eigenvalue weighted by atomic mass is 9.97. The number of piperazine rings is 1. The Balaban J connectivity index is 1.82. The number of likely N-dealkylation sites (N-methyl/N-ethyl adjacent to an activating group) is 1. The van der Waals surface area contributed by atoms with Crippen LogP contribution in [0.4, 0.5) is 0 Å². The molecule has 2 rings (SSSR count). The first-order valence-corrected chi connectivity index (χ1v) is 8.58. The third-order valence-corrected chi connectivity index (χ3v) is 5.09. The fourth-order valence-electron chi connectivity index (χ4n) is 3.43. The minimum absolute atomic E-state index is 0.0841. The number of carbonyl (C=O) groups is 2. The predicted molar refractivity (Wildman–Crippen MR) is 86.3 cm³/mol. The van der Waals surface area contributed by atoms with Crippen molar-refractivity contribution in [1.82, 2.24) is 14.7 Å². The maximum absolute atomic E-state index is 12.6. The summed E-state index contributed by atoms with van der Waals surface area (Å²) in [6, 6.07) is 0. The fraction of sp³-hybridized carbons (Fsp3) is 0.875. The highest BCUT2D eigenvalue weighted by atomic mass is 16.2. The highest BCUT2D eigenvalue weighted by Crippen LogP contribution is 2.29. The number of rotatable bonds is 5. The summed E-state index contributed by atoms with van der Waals surface area (Å²) >= 11 is 0. The number of carbonyl (C=O) groups excluding carboxylic acids is 2. The van der Waals surface area contributed by atoms with Crippen molar-refractivity contribution in [2.45, 2.75) is 45.1 Å². The van der Waals surface area contributed by atoms with Crippen LogP contribution < -0.4 is 5.73 Å².